The Morgan fingerprint density at radius 1 is 1.14 bits per heavy atom. The van der Waals surface area contributed by atoms with Crippen LogP contribution in [0.3, 0.4) is 0 Å². The first-order valence-corrected chi connectivity index (χ1v) is 6.54. The average Bonchev–Trinajstić information content (AvgIpc) is 2.53. The molecule has 2 aromatic carbocycles. The van der Waals surface area contributed by atoms with Gasteiger partial charge in [0.2, 0.25) is 0 Å². The van der Waals surface area contributed by atoms with Gasteiger partial charge in [0.15, 0.2) is 11.6 Å². The smallest absolute Gasteiger partial charge is 0.165 e. The summed E-state index contributed by atoms with van der Waals surface area (Å²) >= 11 is 0. The lowest BCUT2D eigenvalue weighted by Gasteiger charge is -2.09. The molecule has 0 aliphatic carbocycles. The van der Waals surface area contributed by atoms with Gasteiger partial charge in [0.25, 0.3) is 0 Å². The Hall–Kier alpha value is -2.69. The molecule has 0 aliphatic rings. The van der Waals surface area contributed by atoms with Gasteiger partial charge in [-0.2, -0.15) is 0 Å². The molecule has 1 heterocycles. The summed E-state index contributed by atoms with van der Waals surface area (Å²) in [5, 5.41) is 4.15. The second-order valence-electron chi connectivity index (χ2n) is 4.56. The number of fused-ring (bicyclic) bond motifs is 1. The van der Waals surface area contributed by atoms with Gasteiger partial charge >= 0.3 is 0 Å². The molecule has 4 nitrogen and oxygen atoms in total. The molecule has 0 bridgehead atoms. The van der Waals surface area contributed by atoms with Crippen molar-refractivity contribution in [1.82, 2.24) is 9.97 Å². The number of halogens is 1. The Labute approximate surface area is 121 Å². The number of ether oxygens (including phenoxy) is 1. The van der Waals surface area contributed by atoms with E-state index in [1.807, 2.05) is 30.3 Å². The van der Waals surface area contributed by atoms with E-state index in [2.05, 4.69) is 15.3 Å². The van der Waals surface area contributed by atoms with Crippen molar-refractivity contribution in [3.05, 3.63) is 60.2 Å². The van der Waals surface area contributed by atoms with Gasteiger partial charge in [0, 0.05) is 11.9 Å². The predicted molar refractivity (Wildman–Crippen MR) is 79.8 cm³/mol. The Morgan fingerprint density at radius 2 is 2.00 bits per heavy atom. The molecule has 1 aromatic heterocycles. The number of methoxy groups -OCH3 is 1. The molecule has 5 heteroatoms. The molecule has 3 aromatic rings. The highest BCUT2D eigenvalue weighted by Crippen LogP contribution is 2.21. The van der Waals surface area contributed by atoms with Gasteiger partial charge in [-0.3, -0.25) is 0 Å². The van der Waals surface area contributed by atoms with Gasteiger partial charge in [0.1, 0.15) is 12.1 Å². The standard InChI is InChI=1S/C16H14FN3O/c1-21-15-7-6-11(8-13(15)17)9-18-16-12-4-2-3-5-14(12)19-10-20-16/h2-8,10H,9H2,1H3,(H,18,19,20). The zero-order valence-electron chi connectivity index (χ0n) is 11.5. The number of hydrogen-bond donors (Lipinski definition) is 1. The molecule has 3 rings (SSSR count). The van der Waals surface area contributed by atoms with Gasteiger partial charge < -0.3 is 10.1 Å². The number of aromatic nitrogens is 2. The van der Waals surface area contributed by atoms with Crippen molar-refractivity contribution in [2.75, 3.05) is 12.4 Å². The van der Waals surface area contributed by atoms with Gasteiger partial charge in [-0.1, -0.05) is 18.2 Å². The van der Waals surface area contributed by atoms with Gasteiger partial charge in [-0.25, -0.2) is 14.4 Å². The van der Waals surface area contributed by atoms with Gasteiger partial charge in [-0.15, -0.1) is 0 Å². The van der Waals surface area contributed by atoms with Crippen LogP contribution < -0.4 is 10.1 Å². The zero-order valence-corrected chi connectivity index (χ0v) is 11.5. The SMILES string of the molecule is COc1ccc(CNc2ncnc3ccccc23)cc1F. The minimum absolute atomic E-state index is 0.242. The Balaban J connectivity index is 1.82. The molecule has 0 amide bonds. The fraction of sp³-hybridized carbons (Fsp3) is 0.125. The normalized spacial score (nSPS) is 10.6. The topological polar surface area (TPSA) is 47.0 Å². The third-order valence-electron chi connectivity index (χ3n) is 3.22. The molecule has 0 saturated carbocycles. The highest BCUT2D eigenvalue weighted by Gasteiger charge is 2.05. The van der Waals surface area contributed by atoms with E-state index < -0.39 is 0 Å². The van der Waals surface area contributed by atoms with Crippen LogP contribution >= 0.6 is 0 Å². The molecule has 0 spiro atoms. The highest BCUT2D eigenvalue weighted by atomic mass is 19.1. The summed E-state index contributed by atoms with van der Waals surface area (Å²) in [5.74, 6) is 0.604. The third kappa shape index (κ3) is 2.76. The Morgan fingerprint density at radius 3 is 2.81 bits per heavy atom. The maximum atomic E-state index is 13.7. The highest BCUT2D eigenvalue weighted by molar-refractivity contribution is 5.88. The number of anilines is 1. The van der Waals surface area contributed by atoms with Crippen LogP contribution in [0.2, 0.25) is 0 Å². The average molecular weight is 283 g/mol. The van der Waals surface area contributed by atoms with E-state index in [1.165, 1.54) is 19.5 Å². The van der Waals surface area contributed by atoms with E-state index in [4.69, 9.17) is 4.74 Å². The fourth-order valence-corrected chi connectivity index (χ4v) is 2.15. The Kier molecular flexibility index (Phi) is 3.64. The maximum absolute atomic E-state index is 13.7. The van der Waals surface area contributed by atoms with Crippen molar-refractivity contribution in [3.8, 4) is 5.75 Å². The molecule has 0 radical (unpaired) electrons. The summed E-state index contributed by atoms with van der Waals surface area (Å²) in [7, 11) is 1.45. The van der Waals surface area contributed by atoms with Crippen LogP contribution in [0.25, 0.3) is 10.9 Å². The first-order chi connectivity index (χ1) is 10.3. The summed E-state index contributed by atoms with van der Waals surface area (Å²) in [4.78, 5) is 8.44. The van der Waals surface area contributed by atoms with Crippen LogP contribution in [0.5, 0.6) is 5.75 Å². The molecular formula is C16H14FN3O. The minimum Gasteiger partial charge on any atom is -0.494 e. The number of nitrogens with zero attached hydrogens (tertiary/aromatic N) is 2. The largest absolute Gasteiger partial charge is 0.494 e. The second kappa shape index (κ2) is 5.75. The third-order valence-corrected chi connectivity index (χ3v) is 3.22. The van der Waals surface area contributed by atoms with Crippen LogP contribution in [-0.2, 0) is 6.54 Å². The number of benzene rings is 2. The van der Waals surface area contributed by atoms with Crippen LogP contribution in [0.1, 0.15) is 5.56 Å². The first-order valence-electron chi connectivity index (χ1n) is 6.54. The molecule has 0 fully saturated rings. The van der Waals surface area contributed by atoms with E-state index in [0.717, 1.165) is 22.3 Å². The lowest BCUT2D eigenvalue weighted by molar-refractivity contribution is 0.386. The van der Waals surface area contributed by atoms with Crippen molar-refractivity contribution in [1.29, 1.82) is 0 Å². The lowest BCUT2D eigenvalue weighted by atomic mass is 10.2. The van der Waals surface area contributed by atoms with E-state index in [1.54, 1.807) is 6.07 Å². The van der Waals surface area contributed by atoms with E-state index >= 15 is 0 Å². The van der Waals surface area contributed by atoms with Crippen molar-refractivity contribution in [3.63, 3.8) is 0 Å². The molecule has 0 aliphatic heterocycles. The Bertz CT molecular complexity index is 771. The van der Waals surface area contributed by atoms with Crippen LogP contribution in [0.15, 0.2) is 48.8 Å². The molecular weight excluding hydrogens is 269 g/mol. The van der Waals surface area contributed by atoms with E-state index in [-0.39, 0.29) is 11.6 Å². The fourth-order valence-electron chi connectivity index (χ4n) is 2.15. The summed E-state index contributed by atoms with van der Waals surface area (Å²) in [6.45, 7) is 0.474. The number of rotatable bonds is 4. The van der Waals surface area contributed by atoms with E-state index in [9.17, 15) is 4.39 Å². The van der Waals surface area contributed by atoms with Gasteiger partial charge in [-0.05, 0) is 29.8 Å². The summed E-state index contributed by atoms with van der Waals surface area (Å²) in [5.41, 5.74) is 1.69. The summed E-state index contributed by atoms with van der Waals surface area (Å²) in [6.07, 6.45) is 1.51. The maximum Gasteiger partial charge on any atom is 0.165 e. The van der Waals surface area contributed by atoms with Crippen LogP contribution in [0, 0.1) is 5.82 Å². The number of nitrogens with one attached hydrogen (secondary N) is 1. The minimum atomic E-state index is -0.371. The van der Waals surface area contributed by atoms with Crippen LogP contribution in [0.4, 0.5) is 10.2 Å². The zero-order chi connectivity index (χ0) is 14.7. The molecule has 0 unspecified atom stereocenters. The summed E-state index contributed by atoms with van der Waals surface area (Å²) < 4.78 is 18.6. The van der Waals surface area contributed by atoms with Crippen molar-refractivity contribution in [2.24, 2.45) is 0 Å². The number of hydrogen-bond acceptors (Lipinski definition) is 4. The van der Waals surface area contributed by atoms with Crippen molar-refractivity contribution in [2.45, 2.75) is 6.54 Å². The van der Waals surface area contributed by atoms with Crippen LogP contribution in [-0.4, -0.2) is 17.1 Å². The van der Waals surface area contributed by atoms with Crippen molar-refractivity contribution >= 4 is 16.7 Å². The van der Waals surface area contributed by atoms with Gasteiger partial charge in [0.05, 0.1) is 12.6 Å². The molecule has 0 atom stereocenters. The predicted octanol–water partition coefficient (Wildman–Crippen LogP) is 3.39. The number of para-hydroxylation sites is 1. The van der Waals surface area contributed by atoms with Crippen molar-refractivity contribution < 1.29 is 9.13 Å². The molecule has 106 valence electrons. The second-order valence-corrected chi connectivity index (χ2v) is 4.56. The molecule has 1 N–H and O–H groups in total. The lowest BCUT2D eigenvalue weighted by Crippen LogP contribution is -2.03. The monoisotopic (exact) mass is 283 g/mol. The molecule has 21 heavy (non-hydrogen) atoms. The first kappa shape index (κ1) is 13.3. The molecule has 0 saturated heterocycles. The summed E-state index contributed by atoms with van der Waals surface area (Å²) in [6, 6.07) is 12.6. The quantitative estimate of drug-likeness (QED) is 0.797. The van der Waals surface area contributed by atoms with E-state index in [0.29, 0.717) is 6.54 Å².